The third kappa shape index (κ3) is 5.90. The molecule has 0 radical (unpaired) electrons. The lowest BCUT2D eigenvalue weighted by Gasteiger charge is -2.21. The Kier molecular flexibility index (Phi) is 7.71. The van der Waals surface area contributed by atoms with E-state index in [-0.39, 0.29) is 29.5 Å². The summed E-state index contributed by atoms with van der Waals surface area (Å²) in [4.78, 5) is 26.4. The van der Waals surface area contributed by atoms with Gasteiger partial charge in [0, 0.05) is 25.2 Å². The molecular formula is C20H25N3O4S. The van der Waals surface area contributed by atoms with E-state index in [0.717, 1.165) is 5.56 Å². The van der Waals surface area contributed by atoms with Crippen molar-refractivity contribution in [1.29, 1.82) is 0 Å². The normalized spacial score (nSPS) is 11.1. The lowest BCUT2D eigenvalue weighted by Crippen LogP contribution is -2.39. The summed E-state index contributed by atoms with van der Waals surface area (Å²) in [6.45, 7) is 4.73. The first-order chi connectivity index (χ1) is 13.4. The minimum Gasteiger partial charge on any atom is -0.343 e. The Labute approximate surface area is 165 Å². The van der Waals surface area contributed by atoms with E-state index in [1.807, 2.05) is 37.3 Å². The summed E-state index contributed by atoms with van der Waals surface area (Å²) >= 11 is 0. The van der Waals surface area contributed by atoms with Gasteiger partial charge in [0.1, 0.15) is 0 Å². The van der Waals surface area contributed by atoms with Crippen molar-refractivity contribution in [2.75, 3.05) is 19.6 Å². The van der Waals surface area contributed by atoms with Crippen molar-refractivity contribution in [3.05, 3.63) is 65.7 Å². The van der Waals surface area contributed by atoms with Crippen LogP contribution in [0.25, 0.3) is 0 Å². The molecule has 150 valence electrons. The molecular weight excluding hydrogens is 378 g/mol. The van der Waals surface area contributed by atoms with Gasteiger partial charge in [-0.3, -0.25) is 9.59 Å². The first kappa shape index (κ1) is 21.6. The Balaban J connectivity index is 1.94. The van der Waals surface area contributed by atoms with Crippen LogP contribution in [0.1, 0.15) is 29.8 Å². The topological polar surface area (TPSA) is 95.6 Å². The predicted octanol–water partition coefficient (Wildman–Crippen LogP) is 1.76. The van der Waals surface area contributed by atoms with Gasteiger partial charge in [-0.25, -0.2) is 13.1 Å². The lowest BCUT2D eigenvalue weighted by atomic mass is 10.2. The zero-order valence-corrected chi connectivity index (χ0v) is 16.8. The van der Waals surface area contributed by atoms with Gasteiger partial charge in [-0.05, 0) is 36.8 Å². The highest BCUT2D eigenvalue weighted by Crippen LogP contribution is 2.10. The molecule has 2 N–H and O–H groups in total. The second-order valence-electron chi connectivity index (χ2n) is 6.10. The van der Waals surface area contributed by atoms with Crippen LogP contribution in [0.2, 0.25) is 0 Å². The molecule has 0 spiro atoms. The molecule has 2 rings (SSSR count). The third-order valence-corrected chi connectivity index (χ3v) is 5.67. The van der Waals surface area contributed by atoms with Crippen molar-refractivity contribution in [2.24, 2.45) is 0 Å². The van der Waals surface area contributed by atoms with E-state index in [4.69, 9.17) is 0 Å². The monoisotopic (exact) mass is 403 g/mol. The van der Waals surface area contributed by atoms with Gasteiger partial charge >= 0.3 is 0 Å². The maximum absolute atomic E-state index is 12.4. The molecule has 0 aliphatic carbocycles. The van der Waals surface area contributed by atoms with Crippen LogP contribution in [0, 0.1) is 0 Å². The van der Waals surface area contributed by atoms with Crippen LogP contribution in [0.4, 0.5) is 0 Å². The van der Waals surface area contributed by atoms with Gasteiger partial charge in [0.05, 0.1) is 11.4 Å². The first-order valence-electron chi connectivity index (χ1n) is 9.07. The molecule has 0 saturated carbocycles. The van der Waals surface area contributed by atoms with Crippen LogP contribution >= 0.6 is 0 Å². The van der Waals surface area contributed by atoms with Crippen LogP contribution in [0.3, 0.4) is 0 Å². The predicted molar refractivity (Wildman–Crippen MR) is 107 cm³/mol. The van der Waals surface area contributed by atoms with Gasteiger partial charge in [-0.1, -0.05) is 37.3 Å². The molecule has 2 amide bonds. The molecule has 0 aliphatic rings. The number of carbonyl (C=O) groups is 2. The molecule has 8 heteroatoms. The number of hydrogen-bond acceptors (Lipinski definition) is 4. The summed E-state index contributed by atoms with van der Waals surface area (Å²) in [5, 5.41) is 2.59. The Hall–Kier alpha value is -2.71. The summed E-state index contributed by atoms with van der Waals surface area (Å²) < 4.78 is 26.2. The number of sulfonamides is 1. The standard InChI is InChI=1S/C20H25N3O4S/c1-3-22-28(26,27)18-12-10-17(11-13-18)20(25)21-14-19(24)23(4-2)15-16-8-6-5-7-9-16/h5-13,22H,3-4,14-15H2,1-2H3,(H,21,25). The highest BCUT2D eigenvalue weighted by atomic mass is 32.2. The number of carbonyl (C=O) groups excluding carboxylic acids is 2. The van der Waals surface area contributed by atoms with Crippen molar-refractivity contribution in [2.45, 2.75) is 25.3 Å². The Morgan fingerprint density at radius 1 is 0.964 bits per heavy atom. The number of nitrogens with one attached hydrogen (secondary N) is 2. The third-order valence-electron chi connectivity index (χ3n) is 4.11. The van der Waals surface area contributed by atoms with Crippen LogP contribution in [-0.2, 0) is 21.4 Å². The molecule has 2 aromatic carbocycles. The smallest absolute Gasteiger partial charge is 0.251 e. The van der Waals surface area contributed by atoms with Crippen LogP contribution in [0.5, 0.6) is 0 Å². The number of hydrogen-bond donors (Lipinski definition) is 2. The molecule has 0 aromatic heterocycles. The highest BCUT2D eigenvalue weighted by Gasteiger charge is 2.16. The van der Waals surface area contributed by atoms with E-state index in [9.17, 15) is 18.0 Å². The summed E-state index contributed by atoms with van der Waals surface area (Å²) in [7, 11) is -3.57. The van der Waals surface area contributed by atoms with Gasteiger partial charge in [-0.15, -0.1) is 0 Å². The zero-order chi connectivity index (χ0) is 20.6. The van der Waals surface area contributed by atoms with Crippen LogP contribution in [-0.4, -0.2) is 44.8 Å². The number of amides is 2. The fraction of sp³-hybridized carbons (Fsp3) is 0.300. The fourth-order valence-corrected chi connectivity index (χ4v) is 3.65. The quantitative estimate of drug-likeness (QED) is 0.667. The van der Waals surface area contributed by atoms with Crippen molar-refractivity contribution in [3.8, 4) is 0 Å². The first-order valence-corrected chi connectivity index (χ1v) is 10.5. The Morgan fingerprint density at radius 3 is 2.18 bits per heavy atom. The molecule has 0 saturated heterocycles. The highest BCUT2D eigenvalue weighted by molar-refractivity contribution is 7.89. The largest absolute Gasteiger partial charge is 0.343 e. The van der Waals surface area contributed by atoms with Gasteiger partial charge in [0.2, 0.25) is 15.9 Å². The molecule has 28 heavy (non-hydrogen) atoms. The lowest BCUT2D eigenvalue weighted by molar-refractivity contribution is -0.130. The van der Waals surface area contributed by atoms with E-state index < -0.39 is 15.9 Å². The van der Waals surface area contributed by atoms with Gasteiger partial charge in [0.15, 0.2) is 0 Å². The Morgan fingerprint density at radius 2 is 1.61 bits per heavy atom. The molecule has 0 bridgehead atoms. The summed E-state index contributed by atoms with van der Waals surface area (Å²) in [5.41, 5.74) is 1.30. The Bertz CT molecular complexity index is 897. The number of likely N-dealkylation sites (N-methyl/N-ethyl adjacent to an activating group) is 1. The molecule has 0 unspecified atom stereocenters. The molecule has 2 aromatic rings. The second-order valence-corrected chi connectivity index (χ2v) is 7.87. The van der Waals surface area contributed by atoms with Gasteiger partial charge in [-0.2, -0.15) is 0 Å². The molecule has 0 atom stereocenters. The summed E-state index contributed by atoms with van der Waals surface area (Å²) in [5.74, 6) is -0.623. The maximum atomic E-state index is 12.4. The number of rotatable bonds is 9. The molecule has 0 fully saturated rings. The van der Waals surface area contributed by atoms with E-state index >= 15 is 0 Å². The second kappa shape index (κ2) is 10.0. The zero-order valence-electron chi connectivity index (χ0n) is 16.0. The summed E-state index contributed by atoms with van der Waals surface area (Å²) in [6, 6.07) is 15.2. The van der Waals surface area contributed by atoms with Crippen molar-refractivity contribution in [1.82, 2.24) is 14.9 Å². The van der Waals surface area contributed by atoms with E-state index in [1.165, 1.54) is 24.3 Å². The molecule has 7 nitrogen and oxygen atoms in total. The van der Waals surface area contributed by atoms with Gasteiger partial charge in [0.25, 0.3) is 5.91 Å². The van der Waals surface area contributed by atoms with Crippen molar-refractivity contribution < 1.29 is 18.0 Å². The SMILES string of the molecule is CCNS(=O)(=O)c1ccc(C(=O)NCC(=O)N(CC)Cc2ccccc2)cc1. The molecule has 0 heterocycles. The van der Waals surface area contributed by atoms with E-state index in [0.29, 0.717) is 13.1 Å². The average Bonchev–Trinajstić information content (AvgIpc) is 2.70. The van der Waals surface area contributed by atoms with Gasteiger partial charge < -0.3 is 10.2 Å². The fourth-order valence-electron chi connectivity index (χ4n) is 2.61. The van der Waals surface area contributed by atoms with E-state index in [1.54, 1.807) is 11.8 Å². The number of benzene rings is 2. The minimum absolute atomic E-state index is 0.0852. The maximum Gasteiger partial charge on any atom is 0.251 e. The minimum atomic E-state index is -3.57. The van der Waals surface area contributed by atoms with Crippen LogP contribution in [0.15, 0.2) is 59.5 Å². The molecule has 0 aliphatic heterocycles. The van der Waals surface area contributed by atoms with E-state index in [2.05, 4.69) is 10.0 Å². The number of nitrogens with zero attached hydrogens (tertiary/aromatic N) is 1. The van der Waals surface area contributed by atoms with Crippen molar-refractivity contribution >= 4 is 21.8 Å². The average molecular weight is 404 g/mol. The van der Waals surface area contributed by atoms with Crippen LogP contribution < -0.4 is 10.0 Å². The van der Waals surface area contributed by atoms with Crippen molar-refractivity contribution in [3.63, 3.8) is 0 Å². The summed E-state index contributed by atoms with van der Waals surface area (Å²) in [6.07, 6.45) is 0.